The first kappa shape index (κ1) is 15.4. The molecule has 1 saturated carbocycles. The largest absolute Gasteiger partial charge is 0.379 e. The van der Waals surface area contributed by atoms with E-state index in [9.17, 15) is 4.39 Å². The van der Waals surface area contributed by atoms with Crippen molar-refractivity contribution in [2.24, 2.45) is 0 Å². The van der Waals surface area contributed by atoms with Crippen molar-refractivity contribution in [2.75, 3.05) is 19.8 Å². The van der Waals surface area contributed by atoms with Gasteiger partial charge in [-0.05, 0) is 44.4 Å². The number of hydrogen-bond donors (Lipinski definition) is 1. The SMILES string of the molecule is CCOCC(C)OC(CNC1CC1)c1cccc(F)c1. The summed E-state index contributed by atoms with van der Waals surface area (Å²) in [5.41, 5.74) is 0.876. The third kappa shape index (κ3) is 5.19. The smallest absolute Gasteiger partial charge is 0.123 e. The van der Waals surface area contributed by atoms with E-state index in [0.717, 1.165) is 5.56 Å². The molecule has 3 nitrogen and oxygen atoms in total. The Morgan fingerprint density at radius 1 is 1.40 bits per heavy atom. The van der Waals surface area contributed by atoms with E-state index in [4.69, 9.17) is 9.47 Å². The Morgan fingerprint density at radius 3 is 2.85 bits per heavy atom. The second kappa shape index (κ2) is 7.72. The van der Waals surface area contributed by atoms with E-state index in [1.54, 1.807) is 12.1 Å². The molecule has 0 bridgehead atoms. The maximum Gasteiger partial charge on any atom is 0.123 e. The van der Waals surface area contributed by atoms with Gasteiger partial charge in [0.2, 0.25) is 0 Å². The number of nitrogens with one attached hydrogen (secondary N) is 1. The lowest BCUT2D eigenvalue weighted by Gasteiger charge is -2.23. The fourth-order valence-corrected chi connectivity index (χ4v) is 2.12. The predicted octanol–water partition coefficient (Wildman–Crippen LogP) is 3.06. The van der Waals surface area contributed by atoms with Gasteiger partial charge in [0.25, 0.3) is 0 Å². The number of hydrogen-bond acceptors (Lipinski definition) is 3. The van der Waals surface area contributed by atoms with E-state index in [0.29, 0.717) is 25.8 Å². The lowest BCUT2D eigenvalue weighted by molar-refractivity contribution is -0.0471. The molecule has 1 aromatic rings. The monoisotopic (exact) mass is 281 g/mol. The molecule has 2 unspecified atom stereocenters. The van der Waals surface area contributed by atoms with Crippen molar-refractivity contribution >= 4 is 0 Å². The summed E-state index contributed by atoms with van der Waals surface area (Å²) in [6.45, 7) is 5.90. The third-order valence-electron chi connectivity index (χ3n) is 3.34. The molecule has 20 heavy (non-hydrogen) atoms. The van der Waals surface area contributed by atoms with Crippen molar-refractivity contribution in [3.8, 4) is 0 Å². The quantitative estimate of drug-likeness (QED) is 0.754. The normalized spacial score (nSPS) is 17.9. The zero-order valence-corrected chi connectivity index (χ0v) is 12.3. The molecular formula is C16H24FNO2. The van der Waals surface area contributed by atoms with E-state index in [1.807, 2.05) is 19.9 Å². The summed E-state index contributed by atoms with van der Waals surface area (Å²) in [6, 6.07) is 7.25. The van der Waals surface area contributed by atoms with Crippen LogP contribution in [-0.2, 0) is 9.47 Å². The van der Waals surface area contributed by atoms with Gasteiger partial charge in [0.05, 0.1) is 18.8 Å². The van der Waals surface area contributed by atoms with Gasteiger partial charge in [-0.15, -0.1) is 0 Å². The summed E-state index contributed by atoms with van der Waals surface area (Å²) in [4.78, 5) is 0. The first-order valence-electron chi connectivity index (χ1n) is 7.41. The lowest BCUT2D eigenvalue weighted by Crippen LogP contribution is -2.29. The van der Waals surface area contributed by atoms with Crippen LogP contribution in [0.5, 0.6) is 0 Å². The van der Waals surface area contributed by atoms with Crippen LogP contribution in [0.25, 0.3) is 0 Å². The molecule has 1 aliphatic rings. The van der Waals surface area contributed by atoms with Crippen LogP contribution in [0.4, 0.5) is 4.39 Å². The zero-order chi connectivity index (χ0) is 14.4. The highest BCUT2D eigenvalue weighted by Crippen LogP contribution is 2.23. The molecule has 0 saturated heterocycles. The molecule has 0 spiro atoms. The Morgan fingerprint density at radius 2 is 2.20 bits per heavy atom. The predicted molar refractivity (Wildman–Crippen MR) is 77.2 cm³/mol. The Labute approximate surface area is 120 Å². The Kier molecular flexibility index (Phi) is 5.95. The minimum absolute atomic E-state index is 0.00998. The molecule has 1 aliphatic carbocycles. The van der Waals surface area contributed by atoms with Gasteiger partial charge in [-0.25, -0.2) is 4.39 Å². The van der Waals surface area contributed by atoms with E-state index >= 15 is 0 Å². The summed E-state index contributed by atoms with van der Waals surface area (Å²) < 4.78 is 24.8. The van der Waals surface area contributed by atoms with Gasteiger partial charge >= 0.3 is 0 Å². The summed E-state index contributed by atoms with van der Waals surface area (Å²) in [5, 5.41) is 3.45. The van der Waals surface area contributed by atoms with Gasteiger partial charge in [0, 0.05) is 19.2 Å². The van der Waals surface area contributed by atoms with Crippen LogP contribution in [0.2, 0.25) is 0 Å². The van der Waals surface area contributed by atoms with Crippen LogP contribution < -0.4 is 5.32 Å². The zero-order valence-electron chi connectivity index (χ0n) is 12.3. The lowest BCUT2D eigenvalue weighted by atomic mass is 10.1. The van der Waals surface area contributed by atoms with Gasteiger partial charge in [-0.3, -0.25) is 0 Å². The Hall–Kier alpha value is -0.970. The average molecular weight is 281 g/mol. The molecular weight excluding hydrogens is 257 g/mol. The molecule has 112 valence electrons. The highest BCUT2D eigenvalue weighted by atomic mass is 19.1. The van der Waals surface area contributed by atoms with Gasteiger partial charge < -0.3 is 14.8 Å². The molecule has 0 aliphatic heterocycles. The molecule has 4 heteroatoms. The van der Waals surface area contributed by atoms with Crippen LogP contribution in [0.1, 0.15) is 38.4 Å². The van der Waals surface area contributed by atoms with Gasteiger partial charge in [0.1, 0.15) is 5.82 Å². The number of halogens is 1. The Balaban J connectivity index is 1.95. The van der Waals surface area contributed by atoms with Crippen LogP contribution in [0.3, 0.4) is 0 Å². The summed E-state index contributed by atoms with van der Waals surface area (Å²) in [6.07, 6.45) is 2.31. The topological polar surface area (TPSA) is 30.5 Å². The maximum absolute atomic E-state index is 13.4. The Bertz CT molecular complexity index is 409. The van der Waals surface area contributed by atoms with Crippen LogP contribution in [0.15, 0.2) is 24.3 Å². The summed E-state index contributed by atoms with van der Waals surface area (Å²) in [5.74, 6) is -0.222. The number of rotatable bonds is 9. The molecule has 0 heterocycles. The van der Waals surface area contributed by atoms with Gasteiger partial charge in [0.15, 0.2) is 0 Å². The van der Waals surface area contributed by atoms with Crippen molar-refractivity contribution in [3.63, 3.8) is 0 Å². The van der Waals surface area contributed by atoms with E-state index in [-0.39, 0.29) is 18.0 Å². The molecule has 1 aromatic carbocycles. The second-order valence-corrected chi connectivity index (χ2v) is 5.33. The first-order valence-corrected chi connectivity index (χ1v) is 7.41. The van der Waals surface area contributed by atoms with Crippen molar-refractivity contribution in [2.45, 2.75) is 44.9 Å². The van der Waals surface area contributed by atoms with Crippen molar-refractivity contribution < 1.29 is 13.9 Å². The molecule has 0 aromatic heterocycles. The molecule has 2 atom stereocenters. The molecule has 0 amide bonds. The minimum atomic E-state index is -0.222. The van der Waals surface area contributed by atoms with Gasteiger partial charge in [-0.2, -0.15) is 0 Å². The molecule has 0 radical (unpaired) electrons. The van der Waals surface area contributed by atoms with E-state index in [1.165, 1.54) is 18.9 Å². The molecule has 1 fully saturated rings. The van der Waals surface area contributed by atoms with Crippen LogP contribution in [-0.4, -0.2) is 31.9 Å². The van der Waals surface area contributed by atoms with E-state index < -0.39 is 0 Å². The van der Waals surface area contributed by atoms with E-state index in [2.05, 4.69) is 5.32 Å². The van der Waals surface area contributed by atoms with Crippen molar-refractivity contribution in [1.29, 1.82) is 0 Å². The summed E-state index contributed by atoms with van der Waals surface area (Å²) in [7, 11) is 0. The third-order valence-corrected chi connectivity index (χ3v) is 3.34. The van der Waals surface area contributed by atoms with Crippen LogP contribution >= 0.6 is 0 Å². The second-order valence-electron chi connectivity index (χ2n) is 5.33. The fourth-order valence-electron chi connectivity index (χ4n) is 2.12. The molecule has 1 N–H and O–H groups in total. The number of benzene rings is 1. The number of ether oxygens (including phenoxy) is 2. The fraction of sp³-hybridized carbons (Fsp3) is 0.625. The average Bonchev–Trinajstić information content (AvgIpc) is 3.25. The van der Waals surface area contributed by atoms with Crippen molar-refractivity contribution in [1.82, 2.24) is 5.32 Å². The first-order chi connectivity index (χ1) is 9.69. The summed E-state index contributed by atoms with van der Waals surface area (Å²) >= 11 is 0. The highest BCUT2D eigenvalue weighted by molar-refractivity contribution is 5.19. The van der Waals surface area contributed by atoms with Gasteiger partial charge in [-0.1, -0.05) is 12.1 Å². The minimum Gasteiger partial charge on any atom is -0.379 e. The maximum atomic E-state index is 13.4. The highest BCUT2D eigenvalue weighted by Gasteiger charge is 2.23. The van der Waals surface area contributed by atoms with Crippen molar-refractivity contribution in [3.05, 3.63) is 35.6 Å². The standard InChI is InChI=1S/C16H24FNO2/c1-3-19-11-12(2)20-16(10-18-15-7-8-15)13-5-4-6-14(17)9-13/h4-6,9,12,15-16,18H,3,7-8,10-11H2,1-2H3. The van der Waals surface area contributed by atoms with Crippen LogP contribution in [0, 0.1) is 5.82 Å². The molecule has 2 rings (SSSR count).